The van der Waals surface area contributed by atoms with E-state index in [9.17, 15) is 0 Å². The molecule has 1 N–H and O–H groups in total. The SMILES string of the molecule is CCCNCc1c(N2CCC(C)CC2)nc2sccn12. The smallest absolute Gasteiger partial charge is 0.195 e. The Hall–Kier alpha value is -1.07. The van der Waals surface area contributed by atoms with Crippen LogP contribution in [0, 0.1) is 5.92 Å². The van der Waals surface area contributed by atoms with Crippen molar-refractivity contribution in [2.24, 2.45) is 5.92 Å². The summed E-state index contributed by atoms with van der Waals surface area (Å²) in [6.07, 6.45) is 5.88. The van der Waals surface area contributed by atoms with Gasteiger partial charge in [-0.05, 0) is 31.7 Å². The summed E-state index contributed by atoms with van der Waals surface area (Å²) < 4.78 is 2.25. The van der Waals surface area contributed by atoms with Gasteiger partial charge in [0.25, 0.3) is 0 Å². The molecule has 0 unspecified atom stereocenters. The molecule has 1 fully saturated rings. The lowest BCUT2D eigenvalue weighted by Crippen LogP contribution is -2.34. The Morgan fingerprint density at radius 1 is 1.40 bits per heavy atom. The van der Waals surface area contributed by atoms with Crippen molar-refractivity contribution in [2.45, 2.75) is 39.7 Å². The van der Waals surface area contributed by atoms with Gasteiger partial charge in [0.05, 0.1) is 5.69 Å². The summed E-state index contributed by atoms with van der Waals surface area (Å²) in [6.45, 7) is 8.82. The van der Waals surface area contributed by atoms with Crippen LogP contribution >= 0.6 is 11.3 Å². The highest BCUT2D eigenvalue weighted by atomic mass is 32.1. The van der Waals surface area contributed by atoms with Gasteiger partial charge in [0.2, 0.25) is 0 Å². The first-order valence-electron chi connectivity index (χ1n) is 7.69. The molecule has 2 aromatic rings. The van der Waals surface area contributed by atoms with E-state index in [4.69, 9.17) is 4.98 Å². The van der Waals surface area contributed by atoms with Crippen LogP contribution in [0.15, 0.2) is 11.6 Å². The molecule has 0 spiro atoms. The van der Waals surface area contributed by atoms with Crippen molar-refractivity contribution in [1.82, 2.24) is 14.7 Å². The Kier molecular flexibility index (Phi) is 4.27. The number of hydrogen-bond donors (Lipinski definition) is 1. The van der Waals surface area contributed by atoms with E-state index in [1.165, 1.54) is 30.8 Å². The number of imidazole rings is 1. The molecular formula is C15H24N4S. The molecule has 5 heteroatoms. The Balaban J connectivity index is 1.84. The molecule has 2 aromatic heterocycles. The molecule has 1 aliphatic rings. The first kappa shape index (κ1) is 13.9. The Morgan fingerprint density at radius 3 is 2.95 bits per heavy atom. The molecule has 110 valence electrons. The monoisotopic (exact) mass is 292 g/mol. The maximum Gasteiger partial charge on any atom is 0.195 e. The molecule has 20 heavy (non-hydrogen) atoms. The second-order valence-electron chi connectivity index (χ2n) is 5.78. The predicted molar refractivity (Wildman–Crippen MR) is 85.7 cm³/mol. The molecule has 4 nitrogen and oxygen atoms in total. The average molecular weight is 292 g/mol. The minimum absolute atomic E-state index is 0.858. The van der Waals surface area contributed by atoms with Gasteiger partial charge in [-0.25, -0.2) is 4.98 Å². The normalized spacial score (nSPS) is 17.2. The van der Waals surface area contributed by atoms with Gasteiger partial charge in [0.1, 0.15) is 0 Å². The first-order valence-corrected chi connectivity index (χ1v) is 8.57. The lowest BCUT2D eigenvalue weighted by Gasteiger charge is -2.31. The van der Waals surface area contributed by atoms with Crippen LogP contribution < -0.4 is 10.2 Å². The quantitative estimate of drug-likeness (QED) is 0.859. The minimum Gasteiger partial charge on any atom is -0.355 e. The van der Waals surface area contributed by atoms with Crippen LogP contribution in [0.4, 0.5) is 5.82 Å². The molecule has 0 aromatic carbocycles. The lowest BCUT2D eigenvalue weighted by molar-refractivity contribution is 0.436. The van der Waals surface area contributed by atoms with Gasteiger partial charge in [-0.15, -0.1) is 11.3 Å². The van der Waals surface area contributed by atoms with E-state index in [1.807, 2.05) is 0 Å². The van der Waals surface area contributed by atoms with E-state index in [0.29, 0.717) is 0 Å². The van der Waals surface area contributed by atoms with Gasteiger partial charge >= 0.3 is 0 Å². The fourth-order valence-electron chi connectivity index (χ4n) is 2.84. The summed E-state index contributed by atoms with van der Waals surface area (Å²) in [5.74, 6) is 2.06. The van der Waals surface area contributed by atoms with E-state index < -0.39 is 0 Å². The van der Waals surface area contributed by atoms with E-state index >= 15 is 0 Å². The molecule has 1 aliphatic heterocycles. The summed E-state index contributed by atoms with van der Waals surface area (Å²) >= 11 is 1.72. The van der Waals surface area contributed by atoms with Crippen LogP contribution in [-0.2, 0) is 6.54 Å². The zero-order chi connectivity index (χ0) is 13.9. The first-order chi connectivity index (χ1) is 9.79. The van der Waals surface area contributed by atoms with Crippen LogP contribution in [0.1, 0.15) is 38.8 Å². The third-order valence-corrected chi connectivity index (χ3v) is 4.90. The molecule has 0 radical (unpaired) electrons. The van der Waals surface area contributed by atoms with E-state index in [1.54, 1.807) is 11.3 Å². The van der Waals surface area contributed by atoms with Gasteiger partial charge in [-0.1, -0.05) is 13.8 Å². The van der Waals surface area contributed by atoms with Crippen LogP contribution in [0.25, 0.3) is 4.96 Å². The van der Waals surface area contributed by atoms with Gasteiger partial charge in [-0.2, -0.15) is 0 Å². The summed E-state index contributed by atoms with van der Waals surface area (Å²) in [5, 5.41) is 5.64. The fraction of sp³-hybridized carbons (Fsp3) is 0.667. The van der Waals surface area contributed by atoms with Gasteiger partial charge in [0.15, 0.2) is 10.8 Å². The lowest BCUT2D eigenvalue weighted by atomic mass is 9.99. The van der Waals surface area contributed by atoms with Gasteiger partial charge in [-0.3, -0.25) is 4.40 Å². The highest BCUT2D eigenvalue weighted by Gasteiger charge is 2.22. The molecular weight excluding hydrogens is 268 g/mol. The summed E-state index contributed by atoms with van der Waals surface area (Å²) in [5.41, 5.74) is 1.32. The molecule has 3 heterocycles. The number of thiazole rings is 1. The Labute approximate surface area is 124 Å². The zero-order valence-corrected chi connectivity index (χ0v) is 13.2. The van der Waals surface area contributed by atoms with Crippen LogP contribution in [0.5, 0.6) is 0 Å². The number of anilines is 1. The number of aromatic nitrogens is 2. The second-order valence-corrected chi connectivity index (χ2v) is 6.66. The molecule has 3 rings (SSSR count). The molecule has 0 saturated carbocycles. The number of hydrogen-bond acceptors (Lipinski definition) is 4. The zero-order valence-electron chi connectivity index (χ0n) is 12.4. The molecule has 0 aliphatic carbocycles. The number of nitrogens with one attached hydrogen (secondary N) is 1. The maximum atomic E-state index is 4.87. The van der Waals surface area contributed by atoms with Crippen molar-refractivity contribution in [3.8, 4) is 0 Å². The summed E-state index contributed by atoms with van der Waals surface area (Å²) in [4.78, 5) is 8.46. The van der Waals surface area contributed by atoms with Crippen molar-refractivity contribution >= 4 is 22.1 Å². The van der Waals surface area contributed by atoms with Crippen LogP contribution in [0.3, 0.4) is 0 Å². The van der Waals surface area contributed by atoms with Crippen molar-refractivity contribution in [1.29, 1.82) is 0 Å². The minimum atomic E-state index is 0.858. The number of fused-ring (bicyclic) bond motifs is 1. The fourth-order valence-corrected chi connectivity index (χ4v) is 3.57. The second kappa shape index (κ2) is 6.14. The van der Waals surface area contributed by atoms with Crippen molar-refractivity contribution < 1.29 is 0 Å². The van der Waals surface area contributed by atoms with E-state index in [-0.39, 0.29) is 0 Å². The van der Waals surface area contributed by atoms with Gasteiger partial charge in [0, 0.05) is 31.2 Å². The third kappa shape index (κ3) is 2.69. The number of piperidine rings is 1. The largest absolute Gasteiger partial charge is 0.355 e. The molecule has 0 amide bonds. The van der Waals surface area contributed by atoms with Gasteiger partial charge < -0.3 is 10.2 Å². The molecule has 0 bridgehead atoms. The summed E-state index contributed by atoms with van der Waals surface area (Å²) in [7, 11) is 0. The van der Waals surface area contributed by atoms with Crippen LogP contribution in [0.2, 0.25) is 0 Å². The van der Waals surface area contributed by atoms with Crippen molar-refractivity contribution in [3.05, 3.63) is 17.3 Å². The topological polar surface area (TPSA) is 32.6 Å². The average Bonchev–Trinajstić information content (AvgIpc) is 3.02. The van der Waals surface area contributed by atoms with E-state index in [0.717, 1.165) is 37.1 Å². The van der Waals surface area contributed by atoms with Crippen molar-refractivity contribution in [3.63, 3.8) is 0 Å². The highest BCUT2D eigenvalue weighted by molar-refractivity contribution is 7.15. The Bertz CT molecular complexity index is 551. The molecule has 1 saturated heterocycles. The number of rotatable bonds is 5. The molecule has 0 atom stereocenters. The van der Waals surface area contributed by atoms with Crippen LogP contribution in [-0.4, -0.2) is 29.0 Å². The summed E-state index contributed by atoms with van der Waals surface area (Å²) in [6, 6.07) is 0. The highest BCUT2D eigenvalue weighted by Crippen LogP contribution is 2.28. The number of nitrogens with zero attached hydrogens (tertiary/aromatic N) is 3. The standard InChI is InChI=1S/C15H24N4S/c1-3-6-16-11-13-14(17-15-19(13)9-10-20-15)18-7-4-12(2)5-8-18/h9-10,12,16H,3-8,11H2,1-2H3. The Morgan fingerprint density at radius 2 is 2.20 bits per heavy atom. The third-order valence-electron chi connectivity index (χ3n) is 4.14. The predicted octanol–water partition coefficient (Wildman–Crippen LogP) is 3.13. The van der Waals surface area contributed by atoms with Crippen molar-refractivity contribution in [2.75, 3.05) is 24.5 Å². The van der Waals surface area contributed by atoms with E-state index in [2.05, 4.69) is 40.0 Å². The maximum absolute atomic E-state index is 4.87.